The highest BCUT2D eigenvalue weighted by molar-refractivity contribution is 5.94. The van der Waals surface area contributed by atoms with Gasteiger partial charge in [-0.25, -0.2) is 0 Å². The zero-order valence-corrected chi connectivity index (χ0v) is 11.4. The summed E-state index contributed by atoms with van der Waals surface area (Å²) in [6.07, 6.45) is 3.61. The molecule has 0 radical (unpaired) electrons. The molecule has 3 nitrogen and oxygen atoms in total. The Morgan fingerprint density at radius 1 is 1.11 bits per heavy atom. The van der Waals surface area contributed by atoms with Crippen molar-refractivity contribution in [2.75, 3.05) is 0 Å². The minimum atomic E-state index is 0.0709. The van der Waals surface area contributed by atoms with Crippen LogP contribution in [-0.2, 0) is 0 Å². The van der Waals surface area contributed by atoms with E-state index in [2.05, 4.69) is 4.98 Å². The Balaban J connectivity index is 2.28. The average Bonchev–Trinajstić information content (AvgIpc) is 2.38. The van der Waals surface area contributed by atoms with Crippen LogP contribution in [0.5, 0.6) is 5.75 Å². The number of hydrogen-bond acceptors (Lipinski definition) is 3. The first-order valence-electron chi connectivity index (χ1n) is 6.29. The lowest BCUT2D eigenvalue weighted by molar-refractivity contribution is 0.101. The minimum absolute atomic E-state index is 0.0709. The van der Waals surface area contributed by atoms with E-state index in [0.29, 0.717) is 5.56 Å². The van der Waals surface area contributed by atoms with Crippen LogP contribution >= 0.6 is 0 Å². The van der Waals surface area contributed by atoms with Gasteiger partial charge in [0, 0.05) is 17.3 Å². The third-order valence-corrected chi connectivity index (χ3v) is 2.71. The van der Waals surface area contributed by atoms with Crippen LogP contribution in [0.4, 0.5) is 0 Å². The lowest BCUT2D eigenvalue weighted by Crippen LogP contribution is -2.05. The molecule has 3 heteroatoms. The third kappa shape index (κ3) is 3.41. The van der Waals surface area contributed by atoms with Crippen LogP contribution in [0.15, 0.2) is 42.7 Å². The molecule has 2 aromatic rings. The first-order chi connectivity index (χ1) is 9.06. The Morgan fingerprint density at radius 2 is 1.79 bits per heavy atom. The molecule has 1 aromatic carbocycles. The fourth-order valence-corrected chi connectivity index (χ4v) is 1.81. The Bertz CT molecular complexity index is 574. The molecule has 0 aliphatic rings. The molecule has 0 aliphatic heterocycles. The number of carbonyl (C=O) groups excluding carboxylic acids is 1. The largest absolute Gasteiger partial charge is 0.489 e. The topological polar surface area (TPSA) is 39.2 Å². The van der Waals surface area contributed by atoms with E-state index >= 15 is 0 Å². The lowest BCUT2D eigenvalue weighted by Gasteiger charge is -2.10. The van der Waals surface area contributed by atoms with Crippen molar-refractivity contribution in [3.8, 4) is 16.9 Å². The van der Waals surface area contributed by atoms with Gasteiger partial charge in [0.25, 0.3) is 0 Å². The predicted octanol–water partition coefficient (Wildman–Crippen LogP) is 3.74. The summed E-state index contributed by atoms with van der Waals surface area (Å²) in [6, 6.07) is 9.46. The number of nitrogens with zero attached hydrogens (tertiary/aromatic N) is 1. The number of aromatic nitrogens is 1. The van der Waals surface area contributed by atoms with Gasteiger partial charge in [-0.3, -0.25) is 9.78 Å². The molecule has 0 aliphatic carbocycles. The van der Waals surface area contributed by atoms with Gasteiger partial charge in [0.1, 0.15) is 5.75 Å². The van der Waals surface area contributed by atoms with Crippen molar-refractivity contribution in [2.24, 2.45) is 0 Å². The van der Waals surface area contributed by atoms with Gasteiger partial charge in [0.15, 0.2) is 5.78 Å². The molecule has 0 bridgehead atoms. The Morgan fingerprint density at radius 3 is 2.37 bits per heavy atom. The van der Waals surface area contributed by atoms with Crippen LogP contribution in [0.2, 0.25) is 0 Å². The fourth-order valence-electron chi connectivity index (χ4n) is 1.81. The molecular weight excluding hydrogens is 238 g/mol. The van der Waals surface area contributed by atoms with E-state index in [9.17, 15) is 4.79 Å². The molecular formula is C16H17NO2. The fraction of sp³-hybridized carbons (Fsp3) is 0.250. The first-order valence-corrected chi connectivity index (χ1v) is 6.29. The van der Waals surface area contributed by atoms with Gasteiger partial charge >= 0.3 is 0 Å². The molecule has 0 N–H and O–H groups in total. The molecule has 0 atom stereocenters. The standard InChI is InChI=1S/C16H17NO2/c1-11(2)19-16-8-15(9-17-10-16)14-6-4-13(5-7-14)12(3)18/h4-11H,1-3H3. The van der Waals surface area contributed by atoms with Crippen molar-refractivity contribution in [1.82, 2.24) is 4.98 Å². The summed E-state index contributed by atoms with van der Waals surface area (Å²) in [5.74, 6) is 0.824. The van der Waals surface area contributed by atoms with Gasteiger partial charge < -0.3 is 4.74 Å². The second-order valence-corrected chi connectivity index (χ2v) is 4.71. The van der Waals surface area contributed by atoms with Gasteiger partial charge in [0.05, 0.1) is 12.3 Å². The number of rotatable bonds is 4. The van der Waals surface area contributed by atoms with Crippen LogP contribution in [-0.4, -0.2) is 16.9 Å². The van der Waals surface area contributed by atoms with Crippen LogP contribution in [0.1, 0.15) is 31.1 Å². The summed E-state index contributed by atoms with van der Waals surface area (Å²) in [5, 5.41) is 0. The van der Waals surface area contributed by atoms with Crippen molar-refractivity contribution in [3.63, 3.8) is 0 Å². The second kappa shape index (κ2) is 5.65. The Kier molecular flexibility index (Phi) is 3.95. The zero-order valence-electron chi connectivity index (χ0n) is 11.4. The highest BCUT2D eigenvalue weighted by Gasteiger charge is 2.04. The predicted molar refractivity (Wildman–Crippen MR) is 75.4 cm³/mol. The van der Waals surface area contributed by atoms with Crippen molar-refractivity contribution in [2.45, 2.75) is 26.9 Å². The normalized spacial score (nSPS) is 10.5. The van der Waals surface area contributed by atoms with Crippen LogP contribution in [0.3, 0.4) is 0 Å². The summed E-state index contributed by atoms with van der Waals surface area (Å²) < 4.78 is 5.62. The molecule has 0 saturated heterocycles. The average molecular weight is 255 g/mol. The van der Waals surface area contributed by atoms with E-state index in [-0.39, 0.29) is 11.9 Å². The molecule has 0 amide bonds. The number of Topliss-reactive ketones (excluding diaryl/α,β-unsaturated/α-hetero) is 1. The van der Waals surface area contributed by atoms with Crippen molar-refractivity contribution in [3.05, 3.63) is 48.3 Å². The maximum absolute atomic E-state index is 11.2. The molecule has 0 fully saturated rings. The minimum Gasteiger partial charge on any atom is -0.489 e. The molecule has 0 spiro atoms. The number of pyridine rings is 1. The molecule has 98 valence electrons. The number of ether oxygens (including phenoxy) is 1. The van der Waals surface area contributed by atoms with Crippen molar-refractivity contribution in [1.29, 1.82) is 0 Å². The van der Waals surface area contributed by atoms with E-state index in [0.717, 1.165) is 16.9 Å². The van der Waals surface area contributed by atoms with E-state index in [1.165, 1.54) is 0 Å². The number of carbonyl (C=O) groups is 1. The van der Waals surface area contributed by atoms with Crippen LogP contribution < -0.4 is 4.74 Å². The van der Waals surface area contributed by atoms with Gasteiger partial charge in [0.2, 0.25) is 0 Å². The molecule has 0 saturated carbocycles. The van der Waals surface area contributed by atoms with Crippen molar-refractivity contribution < 1.29 is 9.53 Å². The molecule has 1 aromatic heterocycles. The summed E-state index contributed by atoms with van der Waals surface area (Å²) in [5.41, 5.74) is 2.71. The van der Waals surface area contributed by atoms with E-state index in [1.807, 2.05) is 44.2 Å². The summed E-state index contributed by atoms with van der Waals surface area (Å²) in [4.78, 5) is 15.4. The van der Waals surface area contributed by atoms with E-state index in [1.54, 1.807) is 19.3 Å². The monoisotopic (exact) mass is 255 g/mol. The van der Waals surface area contributed by atoms with Gasteiger partial charge in [-0.2, -0.15) is 0 Å². The second-order valence-electron chi connectivity index (χ2n) is 4.71. The van der Waals surface area contributed by atoms with E-state index in [4.69, 9.17) is 4.74 Å². The van der Waals surface area contributed by atoms with Gasteiger partial charge in [-0.15, -0.1) is 0 Å². The number of benzene rings is 1. The lowest BCUT2D eigenvalue weighted by atomic mass is 10.0. The maximum Gasteiger partial charge on any atom is 0.159 e. The van der Waals surface area contributed by atoms with Gasteiger partial charge in [-0.05, 0) is 32.4 Å². The van der Waals surface area contributed by atoms with E-state index < -0.39 is 0 Å². The Labute approximate surface area is 113 Å². The number of ketones is 1. The maximum atomic E-state index is 11.2. The highest BCUT2D eigenvalue weighted by Crippen LogP contribution is 2.23. The highest BCUT2D eigenvalue weighted by atomic mass is 16.5. The molecule has 19 heavy (non-hydrogen) atoms. The number of hydrogen-bond donors (Lipinski definition) is 0. The quantitative estimate of drug-likeness (QED) is 0.781. The molecule has 2 rings (SSSR count). The third-order valence-electron chi connectivity index (χ3n) is 2.71. The first kappa shape index (κ1) is 13.3. The van der Waals surface area contributed by atoms with Crippen LogP contribution in [0, 0.1) is 0 Å². The van der Waals surface area contributed by atoms with Crippen molar-refractivity contribution >= 4 is 5.78 Å². The molecule has 1 heterocycles. The SMILES string of the molecule is CC(=O)c1ccc(-c2cncc(OC(C)C)c2)cc1. The summed E-state index contributed by atoms with van der Waals surface area (Å²) in [6.45, 7) is 5.52. The van der Waals surface area contributed by atoms with Crippen LogP contribution in [0.25, 0.3) is 11.1 Å². The summed E-state index contributed by atoms with van der Waals surface area (Å²) >= 11 is 0. The van der Waals surface area contributed by atoms with Gasteiger partial charge in [-0.1, -0.05) is 24.3 Å². The Hall–Kier alpha value is -2.16. The smallest absolute Gasteiger partial charge is 0.159 e. The zero-order chi connectivity index (χ0) is 13.8. The molecule has 0 unspecified atom stereocenters. The summed E-state index contributed by atoms with van der Waals surface area (Å²) in [7, 11) is 0.